The fraction of sp³-hybridized carbons (Fsp3) is 0.200. The van der Waals surface area contributed by atoms with Crippen LogP contribution >= 0.6 is 23.2 Å². The molecule has 0 saturated heterocycles. The summed E-state index contributed by atoms with van der Waals surface area (Å²) >= 11 is 12.4. The highest BCUT2D eigenvalue weighted by Crippen LogP contribution is 2.42. The van der Waals surface area contributed by atoms with E-state index in [2.05, 4.69) is 5.92 Å². The maximum absolute atomic E-state index is 10.2. The van der Waals surface area contributed by atoms with Crippen LogP contribution in [0.3, 0.4) is 0 Å². The Balaban J connectivity index is 2.42. The maximum Gasteiger partial charge on any atom is 0.150 e. The summed E-state index contributed by atoms with van der Waals surface area (Å²) in [5.41, 5.74) is -0.823. The Morgan fingerprint density at radius 3 is 2.16 bits per heavy atom. The van der Waals surface area contributed by atoms with Gasteiger partial charge >= 0.3 is 0 Å². The highest BCUT2D eigenvalue weighted by Gasteiger charge is 2.37. The molecule has 98 valence electrons. The number of halogens is 2. The fourth-order valence-corrected chi connectivity index (χ4v) is 2.93. The number of aliphatic hydroxyl groups is 2. The second-order valence-electron chi connectivity index (χ2n) is 4.36. The number of hydrogen-bond donors (Lipinski definition) is 2. The van der Waals surface area contributed by atoms with Crippen LogP contribution < -0.4 is 0 Å². The van der Waals surface area contributed by atoms with Crippen molar-refractivity contribution in [1.82, 2.24) is 0 Å². The first-order valence-corrected chi connectivity index (χ1v) is 6.41. The Morgan fingerprint density at radius 2 is 1.68 bits per heavy atom. The van der Waals surface area contributed by atoms with E-state index in [4.69, 9.17) is 29.6 Å². The molecule has 0 heterocycles. The van der Waals surface area contributed by atoms with Gasteiger partial charge in [-0.05, 0) is 17.7 Å². The molecule has 1 atom stereocenters. The summed E-state index contributed by atoms with van der Waals surface area (Å²) in [6.07, 6.45) is 6.40. The number of terminal acetylenes is 1. The highest BCUT2D eigenvalue weighted by molar-refractivity contribution is 6.35. The molecule has 0 radical (unpaired) electrons. The molecular weight excluding hydrogens is 283 g/mol. The molecule has 2 rings (SSSR count). The van der Waals surface area contributed by atoms with E-state index in [0.717, 1.165) is 5.56 Å². The third-order valence-electron chi connectivity index (χ3n) is 3.02. The molecule has 0 aliphatic heterocycles. The average Bonchev–Trinajstić information content (AvgIpc) is 2.38. The number of hydrogen-bond acceptors (Lipinski definition) is 2. The monoisotopic (exact) mass is 294 g/mol. The summed E-state index contributed by atoms with van der Waals surface area (Å²) in [5.74, 6) is 1.73. The predicted octanol–water partition coefficient (Wildman–Crippen LogP) is 2.75. The van der Waals surface area contributed by atoms with E-state index in [0.29, 0.717) is 10.1 Å². The van der Waals surface area contributed by atoms with Gasteiger partial charge in [-0.1, -0.05) is 59.5 Å². The van der Waals surface area contributed by atoms with E-state index in [9.17, 15) is 10.2 Å². The quantitative estimate of drug-likeness (QED) is 0.824. The molecular formula is C15H12Cl2O2. The van der Waals surface area contributed by atoms with Crippen molar-refractivity contribution in [3.8, 4) is 12.3 Å². The SMILES string of the molecule is C#CC(O)C1(O)C=C(Cl)C(c2ccccc2)C(Cl)=C1. The molecule has 19 heavy (non-hydrogen) atoms. The van der Waals surface area contributed by atoms with Gasteiger partial charge in [0.2, 0.25) is 0 Å². The zero-order chi connectivity index (χ0) is 14.0. The standard InChI is InChI=1S/C15H12Cl2O2/c1-2-13(18)15(19)8-11(16)14(12(17)9-15)10-6-4-3-5-7-10/h1,3-9,13-14,18-19H. The van der Waals surface area contributed by atoms with Gasteiger partial charge in [-0.2, -0.15) is 0 Å². The second kappa shape index (κ2) is 5.40. The molecule has 0 amide bonds. The van der Waals surface area contributed by atoms with Crippen LogP contribution in [0.5, 0.6) is 0 Å². The second-order valence-corrected chi connectivity index (χ2v) is 5.23. The molecule has 0 spiro atoms. The summed E-state index contributed by atoms with van der Waals surface area (Å²) in [6.45, 7) is 0. The van der Waals surface area contributed by atoms with Gasteiger partial charge in [0.15, 0.2) is 0 Å². The van der Waals surface area contributed by atoms with Crippen molar-refractivity contribution in [2.45, 2.75) is 17.6 Å². The molecule has 4 heteroatoms. The van der Waals surface area contributed by atoms with Crippen LogP contribution in [0.4, 0.5) is 0 Å². The predicted molar refractivity (Wildman–Crippen MR) is 76.8 cm³/mol. The van der Waals surface area contributed by atoms with E-state index >= 15 is 0 Å². The van der Waals surface area contributed by atoms with Crippen molar-refractivity contribution in [3.63, 3.8) is 0 Å². The molecule has 1 aromatic carbocycles. The largest absolute Gasteiger partial charge is 0.378 e. The molecule has 1 aliphatic rings. The van der Waals surface area contributed by atoms with Crippen molar-refractivity contribution in [2.24, 2.45) is 0 Å². The Bertz CT molecular complexity index is 550. The van der Waals surface area contributed by atoms with Crippen molar-refractivity contribution in [3.05, 3.63) is 58.1 Å². The minimum absolute atomic E-state index is 0.329. The van der Waals surface area contributed by atoms with E-state index in [1.807, 2.05) is 30.3 Å². The van der Waals surface area contributed by atoms with Gasteiger partial charge in [-0.25, -0.2) is 0 Å². The topological polar surface area (TPSA) is 40.5 Å². The summed E-state index contributed by atoms with van der Waals surface area (Å²) < 4.78 is 0. The van der Waals surface area contributed by atoms with Gasteiger partial charge in [-0.3, -0.25) is 0 Å². The molecule has 1 aliphatic carbocycles. The summed E-state index contributed by atoms with van der Waals surface area (Å²) in [4.78, 5) is 0. The van der Waals surface area contributed by atoms with E-state index in [1.54, 1.807) is 0 Å². The minimum atomic E-state index is -1.73. The fourth-order valence-electron chi connectivity index (χ4n) is 2.04. The smallest absolute Gasteiger partial charge is 0.150 e. The molecule has 0 aromatic heterocycles. The maximum atomic E-state index is 10.2. The summed E-state index contributed by atoms with van der Waals surface area (Å²) in [6, 6.07) is 9.42. The lowest BCUT2D eigenvalue weighted by Gasteiger charge is -2.31. The van der Waals surface area contributed by atoms with Crippen molar-refractivity contribution in [2.75, 3.05) is 0 Å². The van der Waals surface area contributed by atoms with Gasteiger partial charge in [0, 0.05) is 10.1 Å². The van der Waals surface area contributed by atoms with Crippen LogP contribution in [0.2, 0.25) is 0 Å². The van der Waals surface area contributed by atoms with Crippen molar-refractivity contribution >= 4 is 23.2 Å². The van der Waals surface area contributed by atoms with Crippen LogP contribution in [-0.2, 0) is 0 Å². The number of aliphatic hydroxyl groups excluding tert-OH is 1. The Hall–Kier alpha value is -1.24. The lowest BCUT2D eigenvalue weighted by molar-refractivity contribution is 0.0265. The van der Waals surface area contributed by atoms with Crippen molar-refractivity contribution < 1.29 is 10.2 Å². The number of rotatable bonds is 2. The lowest BCUT2D eigenvalue weighted by atomic mass is 9.85. The summed E-state index contributed by atoms with van der Waals surface area (Å²) in [5, 5.41) is 20.5. The van der Waals surface area contributed by atoms with Gasteiger partial charge < -0.3 is 10.2 Å². The average molecular weight is 295 g/mol. The molecule has 1 aromatic rings. The van der Waals surface area contributed by atoms with E-state index in [-0.39, 0.29) is 5.92 Å². The first kappa shape index (κ1) is 14.2. The van der Waals surface area contributed by atoms with E-state index < -0.39 is 11.7 Å². The van der Waals surface area contributed by atoms with E-state index in [1.165, 1.54) is 12.2 Å². The van der Waals surface area contributed by atoms with Gasteiger partial charge in [0.05, 0.1) is 5.92 Å². The Kier molecular flexibility index (Phi) is 4.03. The Labute approximate surface area is 122 Å². The van der Waals surface area contributed by atoms with Gasteiger partial charge in [0.25, 0.3) is 0 Å². The molecule has 2 N–H and O–H groups in total. The molecule has 1 unspecified atom stereocenters. The van der Waals surface area contributed by atoms with Crippen LogP contribution in [0.1, 0.15) is 11.5 Å². The molecule has 2 nitrogen and oxygen atoms in total. The number of benzene rings is 1. The third kappa shape index (κ3) is 2.70. The Morgan fingerprint density at radius 1 is 1.16 bits per heavy atom. The molecule has 0 fully saturated rings. The zero-order valence-electron chi connectivity index (χ0n) is 9.92. The zero-order valence-corrected chi connectivity index (χ0v) is 11.4. The molecule has 0 bridgehead atoms. The van der Waals surface area contributed by atoms with Crippen molar-refractivity contribution in [1.29, 1.82) is 0 Å². The highest BCUT2D eigenvalue weighted by atomic mass is 35.5. The van der Waals surface area contributed by atoms with Gasteiger partial charge in [0.1, 0.15) is 11.7 Å². The normalized spacial score (nSPS) is 28.1. The lowest BCUT2D eigenvalue weighted by Crippen LogP contribution is -2.40. The van der Waals surface area contributed by atoms with Crippen LogP contribution in [0.25, 0.3) is 0 Å². The first-order chi connectivity index (χ1) is 8.98. The first-order valence-electron chi connectivity index (χ1n) is 5.66. The van der Waals surface area contributed by atoms with Crippen LogP contribution in [0, 0.1) is 12.3 Å². The third-order valence-corrected chi connectivity index (χ3v) is 3.67. The van der Waals surface area contributed by atoms with Crippen LogP contribution in [0.15, 0.2) is 52.5 Å². The molecule has 0 saturated carbocycles. The minimum Gasteiger partial charge on any atom is -0.378 e. The number of allylic oxidation sites excluding steroid dienone is 2. The van der Waals surface area contributed by atoms with Crippen LogP contribution in [-0.4, -0.2) is 21.9 Å². The summed E-state index contributed by atoms with van der Waals surface area (Å²) in [7, 11) is 0. The van der Waals surface area contributed by atoms with Gasteiger partial charge in [-0.15, -0.1) is 6.42 Å².